The topological polar surface area (TPSA) is 90.0 Å². The highest BCUT2D eigenvalue weighted by molar-refractivity contribution is 5.93. The fourth-order valence-electron chi connectivity index (χ4n) is 2.74. The first kappa shape index (κ1) is 17.9. The lowest BCUT2D eigenvalue weighted by molar-refractivity contribution is -0.144. The Labute approximate surface area is 141 Å². The smallest absolute Gasteiger partial charge is 0.308 e. The van der Waals surface area contributed by atoms with E-state index in [-0.39, 0.29) is 18.2 Å². The van der Waals surface area contributed by atoms with Gasteiger partial charge < -0.3 is 15.3 Å². The molecule has 0 aromatic heterocycles. The normalized spacial score (nSPS) is 16.5. The van der Waals surface area contributed by atoms with Crippen LogP contribution in [0.4, 0.5) is 5.69 Å². The van der Waals surface area contributed by atoms with Gasteiger partial charge in [0.05, 0.1) is 5.92 Å². The zero-order chi connectivity index (χ0) is 17.5. The van der Waals surface area contributed by atoms with Crippen molar-refractivity contribution >= 4 is 23.5 Å². The Bertz CT molecular complexity index is 583. The average molecular weight is 333 g/mol. The van der Waals surface area contributed by atoms with Crippen molar-refractivity contribution in [1.82, 2.24) is 9.80 Å². The quantitative estimate of drug-likeness (QED) is 0.806. The van der Waals surface area contributed by atoms with E-state index in [1.807, 2.05) is 11.0 Å². The molecule has 1 aromatic carbocycles. The highest BCUT2D eigenvalue weighted by Gasteiger charge is 2.26. The number of carbonyl (C=O) groups excluding carboxylic acids is 2. The lowest BCUT2D eigenvalue weighted by atomic mass is 10.0. The number of benzene rings is 1. The molecule has 7 nitrogen and oxygen atoms in total. The molecule has 1 heterocycles. The molecule has 2 amide bonds. The van der Waals surface area contributed by atoms with E-state index in [1.54, 1.807) is 29.2 Å². The maximum atomic E-state index is 12.1. The molecule has 1 atom stereocenters. The SMILES string of the molecule is CC(=O)N1CCN(C[C@@H](CC(=O)Nc2ccccc2)C(=O)O)CC1. The molecule has 2 rings (SSSR count). The van der Waals surface area contributed by atoms with Gasteiger partial charge in [0.1, 0.15) is 0 Å². The summed E-state index contributed by atoms with van der Waals surface area (Å²) < 4.78 is 0. The predicted octanol–water partition coefficient (Wildman–Crippen LogP) is 0.880. The molecule has 130 valence electrons. The molecule has 1 fully saturated rings. The van der Waals surface area contributed by atoms with Gasteiger partial charge in [-0.1, -0.05) is 18.2 Å². The van der Waals surface area contributed by atoms with Crippen LogP contribution in [0.3, 0.4) is 0 Å². The van der Waals surface area contributed by atoms with Crippen LogP contribution in [0.5, 0.6) is 0 Å². The summed E-state index contributed by atoms with van der Waals surface area (Å²) in [5, 5.41) is 12.1. The van der Waals surface area contributed by atoms with Gasteiger partial charge >= 0.3 is 5.97 Å². The van der Waals surface area contributed by atoms with Crippen LogP contribution in [-0.4, -0.2) is 65.4 Å². The summed E-state index contributed by atoms with van der Waals surface area (Å²) in [4.78, 5) is 38.6. The van der Waals surface area contributed by atoms with Gasteiger partial charge in [-0.05, 0) is 12.1 Å². The van der Waals surface area contributed by atoms with Crippen molar-refractivity contribution in [2.75, 3.05) is 38.0 Å². The third kappa shape index (κ3) is 5.34. The molecule has 24 heavy (non-hydrogen) atoms. The minimum Gasteiger partial charge on any atom is -0.481 e. The van der Waals surface area contributed by atoms with E-state index in [9.17, 15) is 19.5 Å². The van der Waals surface area contributed by atoms with Crippen molar-refractivity contribution < 1.29 is 19.5 Å². The van der Waals surface area contributed by atoms with E-state index in [1.165, 1.54) is 6.92 Å². The summed E-state index contributed by atoms with van der Waals surface area (Å²) in [6.45, 7) is 4.29. The third-order valence-electron chi connectivity index (χ3n) is 4.13. The second-order valence-corrected chi connectivity index (χ2v) is 5.96. The third-order valence-corrected chi connectivity index (χ3v) is 4.13. The maximum absolute atomic E-state index is 12.1. The Hall–Kier alpha value is -2.41. The van der Waals surface area contributed by atoms with Crippen LogP contribution in [0.2, 0.25) is 0 Å². The molecule has 0 aliphatic carbocycles. The molecule has 0 bridgehead atoms. The van der Waals surface area contributed by atoms with Crippen LogP contribution < -0.4 is 5.32 Å². The van der Waals surface area contributed by atoms with E-state index in [0.717, 1.165) is 0 Å². The fraction of sp³-hybridized carbons (Fsp3) is 0.471. The number of hydrogen-bond donors (Lipinski definition) is 2. The number of aliphatic carboxylic acids is 1. The highest BCUT2D eigenvalue weighted by Crippen LogP contribution is 2.12. The minimum absolute atomic E-state index is 0.0340. The summed E-state index contributed by atoms with van der Waals surface area (Å²) in [5.41, 5.74) is 0.654. The van der Waals surface area contributed by atoms with Crippen molar-refractivity contribution in [3.05, 3.63) is 30.3 Å². The first-order valence-electron chi connectivity index (χ1n) is 8.01. The van der Waals surface area contributed by atoms with Gasteiger partial charge in [0.25, 0.3) is 0 Å². The summed E-state index contributed by atoms with van der Waals surface area (Å²) in [6.07, 6.45) is -0.0723. The molecule has 7 heteroatoms. The largest absolute Gasteiger partial charge is 0.481 e. The first-order chi connectivity index (χ1) is 11.5. The van der Waals surface area contributed by atoms with E-state index in [2.05, 4.69) is 5.32 Å². The van der Waals surface area contributed by atoms with Gasteiger partial charge in [-0.15, -0.1) is 0 Å². The van der Waals surface area contributed by atoms with Crippen LogP contribution in [0.15, 0.2) is 30.3 Å². The molecule has 2 N–H and O–H groups in total. The molecular formula is C17H23N3O4. The number of carboxylic acids is 1. The summed E-state index contributed by atoms with van der Waals surface area (Å²) in [5.74, 6) is -2.02. The molecule has 0 saturated carbocycles. The number of anilines is 1. The van der Waals surface area contributed by atoms with Gasteiger partial charge in [-0.2, -0.15) is 0 Å². The molecule has 1 aromatic rings. The van der Waals surface area contributed by atoms with E-state index < -0.39 is 11.9 Å². The average Bonchev–Trinajstić information content (AvgIpc) is 2.55. The van der Waals surface area contributed by atoms with Gasteiger partial charge in [0.2, 0.25) is 11.8 Å². The molecule has 0 unspecified atom stereocenters. The fourth-order valence-corrected chi connectivity index (χ4v) is 2.74. The van der Waals surface area contributed by atoms with Gasteiger partial charge in [-0.3, -0.25) is 19.3 Å². The minimum atomic E-state index is -0.979. The second-order valence-electron chi connectivity index (χ2n) is 5.96. The van der Waals surface area contributed by atoms with Crippen LogP contribution in [0, 0.1) is 5.92 Å². The Morgan fingerprint density at radius 2 is 1.75 bits per heavy atom. The molecule has 1 aliphatic rings. The zero-order valence-corrected chi connectivity index (χ0v) is 13.8. The highest BCUT2D eigenvalue weighted by atomic mass is 16.4. The Balaban J connectivity index is 1.85. The van der Waals surface area contributed by atoms with Crippen molar-refractivity contribution in [1.29, 1.82) is 0 Å². The number of para-hydroxylation sites is 1. The first-order valence-corrected chi connectivity index (χ1v) is 8.01. The number of nitrogens with one attached hydrogen (secondary N) is 1. The standard InChI is InChI=1S/C17H23N3O4/c1-13(21)20-9-7-19(8-10-20)12-14(17(23)24)11-16(22)18-15-5-3-2-4-6-15/h2-6,14H,7-12H2,1H3,(H,18,22)(H,23,24)/t14-/m1/s1. The Kier molecular flexibility index (Phi) is 6.31. The number of rotatable bonds is 6. The maximum Gasteiger partial charge on any atom is 0.308 e. The van der Waals surface area contributed by atoms with Crippen LogP contribution >= 0.6 is 0 Å². The lowest BCUT2D eigenvalue weighted by Gasteiger charge is -2.35. The molecule has 1 saturated heterocycles. The van der Waals surface area contributed by atoms with Crippen LogP contribution in [0.25, 0.3) is 0 Å². The van der Waals surface area contributed by atoms with Crippen molar-refractivity contribution in [3.63, 3.8) is 0 Å². The lowest BCUT2D eigenvalue weighted by Crippen LogP contribution is -2.50. The number of amides is 2. The van der Waals surface area contributed by atoms with Crippen molar-refractivity contribution in [2.45, 2.75) is 13.3 Å². The Morgan fingerprint density at radius 3 is 2.29 bits per heavy atom. The van der Waals surface area contributed by atoms with Crippen LogP contribution in [-0.2, 0) is 14.4 Å². The molecule has 0 radical (unpaired) electrons. The summed E-state index contributed by atoms with van der Waals surface area (Å²) in [6, 6.07) is 8.97. The predicted molar refractivity (Wildman–Crippen MR) is 89.5 cm³/mol. The Morgan fingerprint density at radius 1 is 1.12 bits per heavy atom. The van der Waals surface area contributed by atoms with Crippen LogP contribution in [0.1, 0.15) is 13.3 Å². The number of piperazine rings is 1. The van der Waals surface area contributed by atoms with Crippen molar-refractivity contribution in [3.8, 4) is 0 Å². The number of carboxylic acid groups (broad SMARTS) is 1. The number of hydrogen-bond acceptors (Lipinski definition) is 4. The second kappa shape index (κ2) is 8.44. The monoisotopic (exact) mass is 333 g/mol. The molecular weight excluding hydrogens is 310 g/mol. The van der Waals surface area contributed by atoms with Gasteiger partial charge in [-0.25, -0.2) is 0 Å². The zero-order valence-electron chi connectivity index (χ0n) is 13.8. The summed E-state index contributed by atoms with van der Waals surface area (Å²) in [7, 11) is 0. The van der Waals surface area contributed by atoms with E-state index >= 15 is 0 Å². The van der Waals surface area contributed by atoms with E-state index in [4.69, 9.17) is 0 Å². The van der Waals surface area contributed by atoms with Gasteiger partial charge in [0, 0.05) is 51.8 Å². The van der Waals surface area contributed by atoms with Crippen molar-refractivity contribution in [2.24, 2.45) is 5.92 Å². The van der Waals surface area contributed by atoms with Gasteiger partial charge in [0.15, 0.2) is 0 Å². The molecule has 0 spiro atoms. The number of carbonyl (C=O) groups is 3. The summed E-state index contributed by atoms with van der Waals surface area (Å²) >= 11 is 0. The van der Waals surface area contributed by atoms with E-state index in [0.29, 0.717) is 38.4 Å². The molecule has 1 aliphatic heterocycles. The number of nitrogens with zero attached hydrogens (tertiary/aromatic N) is 2.